The summed E-state index contributed by atoms with van der Waals surface area (Å²) >= 11 is 0. The van der Waals surface area contributed by atoms with Crippen molar-refractivity contribution >= 4 is 5.91 Å². The van der Waals surface area contributed by atoms with E-state index < -0.39 is 0 Å². The Hall–Kier alpha value is -1.51. The Morgan fingerprint density at radius 2 is 2.07 bits per heavy atom. The van der Waals surface area contributed by atoms with Gasteiger partial charge in [0, 0.05) is 6.04 Å². The molecule has 0 N–H and O–H groups in total. The molecular formula is C12H15NO2. The van der Waals surface area contributed by atoms with E-state index in [1.54, 1.807) is 0 Å². The first-order valence-electron chi connectivity index (χ1n) is 5.23. The second-order valence-electron chi connectivity index (χ2n) is 3.94. The fourth-order valence-corrected chi connectivity index (χ4v) is 1.77. The molecule has 0 radical (unpaired) electrons. The van der Waals surface area contributed by atoms with Crippen molar-refractivity contribution in [3.05, 3.63) is 29.8 Å². The Morgan fingerprint density at radius 1 is 1.33 bits per heavy atom. The molecule has 0 aromatic heterocycles. The van der Waals surface area contributed by atoms with Crippen molar-refractivity contribution in [3.63, 3.8) is 0 Å². The number of hydrogen-bond donors (Lipinski definition) is 0. The van der Waals surface area contributed by atoms with Crippen LogP contribution in [0.1, 0.15) is 24.2 Å². The molecule has 0 fully saturated rings. The lowest BCUT2D eigenvalue weighted by molar-refractivity contribution is 0.0704. The summed E-state index contributed by atoms with van der Waals surface area (Å²) in [7, 11) is 0. The molecule has 80 valence electrons. The monoisotopic (exact) mass is 205 g/mol. The quantitative estimate of drug-likeness (QED) is 0.701. The maximum absolute atomic E-state index is 12.1. The lowest BCUT2D eigenvalue weighted by Gasteiger charge is -2.24. The number of carbonyl (C=O) groups is 1. The fourth-order valence-electron chi connectivity index (χ4n) is 1.77. The van der Waals surface area contributed by atoms with Gasteiger partial charge in [0.25, 0.3) is 5.91 Å². The minimum absolute atomic E-state index is 0.0677. The lowest BCUT2D eigenvalue weighted by Crippen LogP contribution is -2.37. The van der Waals surface area contributed by atoms with Crippen LogP contribution in [-0.4, -0.2) is 30.0 Å². The summed E-state index contributed by atoms with van der Waals surface area (Å²) in [4.78, 5) is 14.0. The van der Waals surface area contributed by atoms with Gasteiger partial charge in [-0.05, 0) is 26.0 Å². The molecule has 3 nitrogen and oxygen atoms in total. The van der Waals surface area contributed by atoms with Crippen LogP contribution < -0.4 is 4.74 Å². The minimum Gasteiger partial charge on any atom is -0.491 e. The molecule has 15 heavy (non-hydrogen) atoms. The first-order valence-corrected chi connectivity index (χ1v) is 5.23. The van der Waals surface area contributed by atoms with Crippen LogP contribution >= 0.6 is 0 Å². The number of para-hydroxylation sites is 1. The maximum Gasteiger partial charge on any atom is 0.257 e. The summed E-state index contributed by atoms with van der Waals surface area (Å²) in [5.74, 6) is 0.767. The van der Waals surface area contributed by atoms with Crippen LogP contribution in [-0.2, 0) is 0 Å². The maximum atomic E-state index is 12.1. The van der Waals surface area contributed by atoms with Crippen molar-refractivity contribution in [2.75, 3.05) is 13.2 Å². The molecule has 0 saturated carbocycles. The van der Waals surface area contributed by atoms with Gasteiger partial charge >= 0.3 is 0 Å². The molecule has 1 aromatic rings. The van der Waals surface area contributed by atoms with Gasteiger partial charge in [0.05, 0.1) is 12.1 Å². The normalized spacial score (nSPS) is 15.9. The second kappa shape index (κ2) is 3.93. The first kappa shape index (κ1) is 10.0. The van der Waals surface area contributed by atoms with E-state index in [0.29, 0.717) is 24.5 Å². The Bertz CT molecular complexity index is 374. The van der Waals surface area contributed by atoms with Crippen LogP contribution in [0, 0.1) is 0 Å². The molecule has 0 bridgehead atoms. The summed E-state index contributed by atoms with van der Waals surface area (Å²) in [6, 6.07) is 7.63. The van der Waals surface area contributed by atoms with E-state index in [0.717, 1.165) is 0 Å². The number of ether oxygens (including phenoxy) is 1. The van der Waals surface area contributed by atoms with E-state index in [4.69, 9.17) is 4.74 Å². The lowest BCUT2D eigenvalue weighted by atomic mass is 10.1. The molecule has 2 rings (SSSR count). The Morgan fingerprint density at radius 3 is 2.80 bits per heavy atom. The van der Waals surface area contributed by atoms with Gasteiger partial charge in [0.15, 0.2) is 0 Å². The van der Waals surface area contributed by atoms with Crippen molar-refractivity contribution in [2.45, 2.75) is 19.9 Å². The predicted molar refractivity (Wildman–Crippen MR) is 58.1 cm³/mol. The zero-order valence-corrected chi connectivity index (χ0v) is 9.06. The molecule has 1 heterocycles. The highest BCUT2D eigenvalue weighted by Gasteiger charge is 2.24. The predicted octanol–water partition coefficient (Wildman–Crippen LogP) is 1.93. The van der Waals surface area contributed by atoms with Gasteiger partial charge in [-0.25, -0.2) is 0 Å². The first-order chi connectivity index (χ1) is 7.20. The van der Waals surface area contributed by atoms with Crippen LogP contribution in [0.5, 0.6) is 5.75 Å². The standard InChI is InChI=1S/C12H15NO2/c1-9(2)13-7-8-15-11-6-4-3-5-10(11)12(13)14/h3-6,9H,7-8H2,1-2H3. The molecule has 1 aromatic carbocycles. The highest BCUT2D eigenvalue weighted by Crippen LogP contribution is 2.23. The van der Waals surface area contributed by atoms with E-state index in [-0.39, 0.29) is 11.9 Å². The van der Waals surface area contributed by atoms with Crippen LogP contribution in [0.3, 0.4) is 0 Å². The average molecular weight is 205 g/mol. The van der Waals surface area contributed by atoms with Gasteiger partial charge in [-0.3, -0.25) is 4.79 Å². The van der Waals surface area contributed by atoms with E-state index in [9.17, 15) is 4.79 Å². The van der Waals surface area contributed by atoms with Crippen molar-refractivity contribution in [1.82, 2.24) is 4.90 Å². The third-order valence-electron chi connectivity index (χ3n) is 2.59. The molecule has 0 atom stereocenters. The average Bonchev–Trinajstić information content (AvgIpc) is 2.39. The molecule has 0 aliphatic carbocycles. The van der Waals surface area contributed by atoms with Gasteiger partial charge in [-0.2, -0.15) is 0 Å². The Balaban J connectivity index is 2.39. The SMILES string of the molecule is CC(C)N1CCOc2ccccc2C1=O. The number of fused-ring (bicyclic) bond motifs is 1. The highest BCUT2D eigenvalue weighted by molar-refractivity contribution is 5.97. The van der Waals surface area contributed by atoms with Crippen LogP contribution in [0.2, 0.25) is 0 Å². The molecule has 0 unspecified atom stereocenters. The molecule has 1 amide bonds. The summed E-state index contributed by atoms with van der Waals surface area (Å²) in [5, 5.41) is 0. The van der Waals surface area contributed by atoms with Crippen LogP contribution in [0.25, 0.3) is 0 Å². The van der Waals surface area contributed by atoms with Gasteiger partial charge in [-0.15, -0.1) is 0 Å². The topological polar surface area (TPSA) is 29.5 Å². The minimum atomic E-state index is 0.0677. The van der Waals surface area contributed by atoms with Crippen molar-refractivity contribution in [3.8, 4) is 5.75 Å². The number of amides is 1. The number of hydrogen-bond acceptors (Lipinski definition) is 2. The molecule has 0 saturated heterocycles. The van der Waals surface area contributed by atoms with Crippen LogP contribution in [0.4, 0.5) is 0 Å². The fraction of sp³-hybridized carbons (Fsp3) is 0.417. The summed E-state index contributed by atoms with van der Waals surface area (Å²) in [6.07, 6.45) is 0. The summed E-state index contributed by atoms with van der Waals surface area (Å²) in [6.45, 7) is 5.27. The number of benzene rings is 1. The van der Waals surface area contributed by atoms with Gasteiger partial charge in [-0.1, -0.05) is 12.1 Å². The van der Waals surface area contributed by atoms with E-state index >= 15 is 0 Å². The summed E-state index contributed by atoms with van der Waals surface area (Å²) in [5.41, 5.74) is 0.670. The molecule has 3 heteroatoms. The van der Waals surface area contributed by atoms with Gasteiger partial charge in [0.2, 0.25) is 0 Å². The summed E-state index contributed by atoms with van der Waals surface area (Å²) < 4.78 is 5.54. The van der Waals surface area contributed by atoms with Gasteiger partial charge < -0.3 is 9.64 Å². The van der Waals surface area contributed by atoms with Gasteiger partial charge in [0.1, 0.15) is 12.4 Å². The number of carbonyl (C=O) groups excluding carboxylic acids is 1. The van der Waals surface area contributed by atoms with Crippen molar-refractivity contribution < 1.29 is 9.53 Å². The zero-order valence-electron chi connectivity index (χ0n) is 9.06. The molecule has 1 aliphatic rings. The molecule has 0 spiro atoms. The highest BCUT2D eigenvalue weighted by atomic mass is 16.5. The Labute approximate surface area is 89.7 Å². The zero-order chi connectivity index (χ0) is 10.8. The molecular weight excluding hydrogens is 190 g/mol. The van der Waals surface area contributed by atoms with E-state index in [1.165, 1.54) is 0 Å². The van der Waals surface area contributed by atoms with Crippen molar-refractivity contribution in [1.29, 1.82) is 0 Å². The van der Waals surface area contributed by atoms with E-state index in [2.05, 4.69) is 0 Å². The number of rotatable bonds is 1. The van der Waals surface area contributed by atoms with Crippen LogP contribution in [0.15, 0.2) is 24.3 Å². The smallest absolute Gasteiger partial charge is 0.257 e. The second-order valence-corrected chi connectivity index (χ2v) is 3.94. The largest absolute Gasteiger partial charge is 0.491 e. The third-order valence-corrected chi connectivity index (χ3v) is 2.59. The van der Waals surface area contributed by atoms with E-state index in [1.807, 2.05) is 43.0 Å². The molecule has 1 aliphatic heterocycles. The number of nitrogens with zero attached hydrogens (tertiary/aromatic N) is 1. The third kappa shape index (κ3) is 1.82. The van der Waals surface area contributed by atoms with Crippen molar-refractivity contribution in [2.24, 2.45) is 0 Å². The Kier molecular flexibility index (Phi) is 2.62.